The van der Waals surface area contributed by atoms with Crippen molar-refractivity contribution in [3.8, 4) is 0 Å². The maximum Gasteiger partial charge on any atom is 0.251 e. The normalized spacial score (nSPS) is 16.4. The Morgan fingerprint density at radius 1 is 1.50 bits per heavy atom. The second-order valence-electron chi connectivity index (χ2n) is 4.53. The molecule has 0 bridgehead atoms. The van der Waals surface area contributed by atoms with E-state index in [1.807, 2.05) is 0 Å². The maximum atomic E-state index is 11.9. The Labute approximate surface area is 126 Å². The second kappa shape index (κ2) is 6.24. The van der Waals surface area contributed by atoms with Gasteiger partial charge in [0.25, 0.3) is 5.91 Å². The molecule has 1 aromatic rings. The van der Waals surface area contributed by atoms with Crippen molar-refractivity contribution in [2.24, 2.45) is 5.73 Å². The van der Waals surface area contributed by atoms with E-state index in [0.29, 0.717) is 17.1 Å². The summed E-state index contributed by atoms with van der Waals surface area (Å²) in [5, 5.41) is 3.45. The number of carbonyl (C=O) groups is 1. The molecule has 1 saturated carbocycles. The zero-order valence-corrected chi connectivity index (χ0v) is 12.9. The third kappa shape index (κ3) is 3.60. The van der Waals surface area contributed by atoms with Crippen molar-refractivity contribution in [2.75, 3.05) is 6.54 Å². The summed E-state index contributed by atoms with van der Waals surface area (Å²) in [5.74, 6) is -0.112. The van der Waals surface area contributed by atoms with Gasteiger partial charge >= 0.3 is 0 Å². The Balaban J connectivity index is 0.00000162. The van der Waals surface area contributed by atoms with Gasteiger partial charge in [0.05, 0.1) is 5.02 Å². The maximum absolute atomic E-state index is 11.9. The first-order valence-corrected chi connectivity index (χ1v) is 6.69. The third-order valence-corrected chi connectivity index (χ3v) is 4.35. The first-order valence-electron chi connectivity index (χ1n) is 5.52. The first-order chi connectivity index (χ1) is 8.00. The molecule has 6 heteroatoms. The molecule has 1 aliphatic rings. The van der Waals surface area contributed by atoms with Gasteiger partial charge in [-0.25, -0.2) is 0 Å². The minimum atomic E-state index is -0.195. The van der Waals surface area contributed by atoms with Gasteiger partial charge in [0.1, 0.15) is 0 Å². The highest BCUT2D eigenvalue weighted by Gasteiger charge is 2.32. The van der Waals surface area contributed by atoms with Crippen LogP contribution in [-0.2, 0) is 0 Å². The van der Waals surface area contributed by atoms with Crippen LogP contribution in [0.3, 0.4) is 0 Å². The Bertz CT molecular complexity index is 450. The number of hydrogen-bond acceptors (Lipinski definition) is 2. The highest BCUT2D eigenvalue weighted by molar-refractivity contribution is 9.10. The van der Waals surface area contributed by atoms with Crippen molar-refractivity contribution >= 4 is 45.8 Å². The molecule has 0 atom stereocenters. The molecule has 0 unspecified atom stereocenters. The van der Waals surface area contributed by atoms with Gasteiger partial charge in [-0.3, -0.25) is 4.79 Å². The van der Waals surface area contributed by atoms with Gasteiger partial charge in [-0.05, 0) is 53.4 Å². The standard InChI is InChI=1S/C12H14BrClN2O.ClH/c13-9-6-8(2-3-10(9)14)11(17)16-7-12(15)4-1-5-12;/h2-3,6H,1,4-5,7,15H2,(H,16,17);1H. The van der Waals surface area contributed by atoms with E-state index in [1.54, 1.807) is 18.2 Å². The van der Waals surface area contributed by atoms with Crippen molar-refractivity contribution in [2.45, 2.75) is 24.8 Å². The van der Waals surface area contributed by atoms with Gasteiger partial charge in [0, 0.05) is 22.1 Å². The minimum absolute atomic E-state index is 0. The molecule has 3 N–H and O–H groups in total. The van der Waals surface area contributed by atoms with E-state index in [1.165, 1.54) is 0 Å². The van der Waals surface area contributed by atoms with Gasteiger partial charge in [-0.1, -0.05) is 11.6 Å². The molecule has 0 saturated heterocycles. The summed E-state index contributed by atoms with van der Waals surface area (Å²) >= 11 is 9.16. The Morgan fingerprint density at radius 3 is 2.67 bits per heavy atom. The molecule has 0 aliphatic heterocycles. The number of amides is 1. The Hall–Kier alpha value is -0.290. The van der Waals surface area contributed by atoms with Crippen LogP contribution < -0.4 is 11.1 Å². The number of halogens is 3. The zero-order valence-electron chi connectivity index (χ0n) is 9.71. The summed E-state index contributed by atoms with van der Waals surface area (Å²) in [4.78, 5) is 11.9. The van der Waals surface area contributed by atoms with Crippen LogP contribution in [0.25, 0.3) is 0 Å². The molecule has 0 aromatic heterocycles. The van der Waals surface area contributed by atoms with Crippen LogP contribution in [0.2, 0.25) is 5.02 Å². The molecule has 18 heavy (non-hydrogen) atoms. The van der Waals surface area contributed by atoms with Crippen molar-refractivity contribution in [1.82, 2.24) is 5.32 Å². The molecule has 1 aromatic carbocycles. The largest absolute Gasteiger partial charge is 0.350 e. The predicted molar refractivity (Wildman–Crippen MR) is 79.5 cm³/mol. The van der Waals surface area contributed by atoms with Crippen LogP contribution in [0.1, 0.15) is 29.6 Å². The van der Waals surface area contributed by atoms with Gasteiger partial charge < -0.3 is 11.1 Å². The van der Waals surface area contributed by atoms with E-state index in [0.717, 1.165) is 23.7 Å². The predicted octanol–water partition coefficient (Wildman–Crippen LogP) is 3.14. The summed E-state index contributed by atoms with van der Waals surface area (Å²) in [6.07, 6.45) is 3.12. The van der Waals surface area contributed by atoms with Gasteiger partial charge in [0.15, 0.2) is 0 Å². The van der Waals surface area contributed by atoms with E-state index >= 15 is 0 Å². The fraction of sp³-hybridized carbons (Fsp3) is 0.417. The summed E-state index contributed by atoms with van der Waals surface area (Å²) in [5.41, 5.74) is 6.43. The molecule has 1 amide bonds. The number of rotatable bonds is 3. The lowest BCUT2D eigenvalue weighted by atomic mass is 9.78. The van der Waals surface area contributed by atoms with Crippen LogP contribution in [0.4, 0.5) is 0 Å². The number of benzene rings is 1. The summed E-state index contributed by atoms with van der Waals surface area (Å²) in [7, 11) is 0. The number of nitrogens with two attached hydrogens (primary N) is 1. The fourth-order valence-electron chi connectivity index (χ4n) is 1.80. The summed E-state index contributed by atoms with van der Waals surface area (Å²) < 4.78 is 0.720. The summed E-state index contributed by atoms with van der Waals surface area (Å²) in [6, 6.07) is 5.11. The topological polar surface area (TPSA) is 55.1 Å². The quantitative estimate of drug-likeness (QED) is 0.877. The average molecular weight is 354 g/mol. The monoisotopic (exact) mass is 352 g/mol. The van der Waals surface area contributed by atoms with Gasteiger partial charge in [-0.15, -0.1) is 12.4 Å². The molecule has 0 spiro atoms. The highest BCUT2D eigenvalue weighted by Crippen LogP contribution is 2.28. The van der Waals surface area contributed by atoms with Crippen LogP contribution in [0.15, 0.2) is 22.7 Å². The Morgan fingerprint density at radius 2 is 2.17 bits per heavy atom. The van der Waals surface area contributed by atoms with E-state index in [9.17, 15) is 4.79 Å². The Kier molecular flexibility index (Phi) is 5.46. The average Bonchev–Trinajstić information content (AvgIpc) is 2.27. The van der Waals surface area contributed by atoms with Crippen LogP contribution in [0.5, 0.6) is 0 Å². The van der Waals surface area contributed by atoms with Crippen molar-refractivity contribution in [1.29, 1.82) is 0 Å². The lowest BCUT2D eigenvalue weighted by molar-refractivity contribution is 0.0929. The minimum Gasteiger partial charge on any atom is -0.350 e. The number of carbonyl (C=O) groups excluding carboxylic acids is 1. The molecular weight excluding hydrogens is 339 g/mol. The lowest BCUT2D eigenvalue weighted by Gasteiger charge is -2.38. The van der Waals surface area contributed by atoms with Crippen LogP contribution in [-0.4, -0.2) is 18.0 Å². The number of hydrogen-bond donors (Lipinski definition) is 2. The van der Waals surface area contributed by atoms with Gasteiger partial charge in [0.2, 0.25) is 0 Å². The molecule has 100 valence electrons. The third-order valence-electron chi connectivity index (χ3n) is 3.13. The van der Waals surface area contributed by atoms with Crippen molar-refractivity contribution in [3.05, 3.63) is 33.3 Å². The van der Waals surface area contributed by atoms with E-state index in [4.69, 9.17) is 17.3 Å². The van der Waals surface area contributed by atoms with Crippen LogP contribution >= 0.6 is 39.9 Å². The van der Waals surface area contributed by atoms with E-state index in [2.05, 4.69) is 21.2 Å². The highest BCUT2D eigenvalue weighted by atomic mass is 79.9. The van der Waals surface area contributed by atoms with Crippen molar-refractivity contribution < 1.29 is 4.79 Å². The first kappa shape index (κ1) is 15.8. The number of nitrogens with one attached hydrogen (secondary N) is 1. The van der Waals surface area contributed by atoms with Crippen molar-refractivity contribution in [3.63, 3.8) is 0 Å². The molecule has 3 nitrogen and oxygen atoms in total. The van der Waals surface area contributed by atoms with E-state index < -0.39 is 0 Å². The second-order valence-corrected chi connectivity index (χ2v) is 5.79. The molecular formula is C12H15BrCl2N2O. The van der Waals surface area contributed by atoms with Gasteiger partial charge in [-0.2, -0.15) is 0 Å². The smallest absolute Gasteiger partial charge is 0.251 e. The van der Waals surface area contributed by atoms with Crippen LogP contribution in [0, 0.1) is 0 Å². The lowest BCUT2D eigenvalue weighted by Crippen LogP contribution is -2.54. The molecule has 0 heterocycles. The zero-order chi connectivity index (χ0) is 12.5. The molecule has 2 rings (SSSR count). The molecule has 1 fully saturated rings. The van der Waals surface area contributed by atoms with E-state index in [-0.39, 0.29) is 23.9 Å². The fourth-order valence-corrected chi connectivity index (χ4v) is 2.30. The summed E-state index contributed by atoms with van der Waals surface area (Å²) in [6.45, 7) is 0.534. The molecule has 1 aliphatic carbocycles. The SMILES string of the molecule is Cl.NC1(CNC(=O)c2ccc(Cl)c(Br)c2)CCC1. The molecule has 0 radical (unpaired) electrons.